The van der Waals surface area contributed by atoms with E-state index in [0.717, 1.165) is 10.4 Å². The minimum absolute atomic E-state index is 0. The molecule has 0 aliphatic carbocycles. The first-order valence-corrected chi connectivity index (χ1v) is 13.7. The predicted octanol–water partition coefficient (Wildman–Crippen LogP) is 4.16. The zero-order valence-electron chi connectivity index (χ0n) is 19.3. The second-order valence-corrected chi connectivity index (χ2v) is 12.1. The van der Waals surface area contributed by atoms with Crippen LogP contribution in [-0.2, 0) is 24.2 Å². The highest BCUT2D eigenvalue weighted by Crippen LogP contribution is 2.47. The van der Waals surface area contributed by atoms with Crippen LogP contribution in [0.3, 0.4) is 0 Å². The van der Waals surface area contributed by atoms with E-state index in [1.165, 1.54) is 11.3 Å². The fraction of sp³-hybridized carbons (Fsp3) is 0.280. The summed E-state index contributed by atoms with van der Waals surface area (Å²) in [4.78, 5) is 26.1. The van der Waals surface area contributed by atoms with E-state index in [1.807, 2.05) is 30.3 Å². The Labute approximate surface area is 220 Å². The van der Waals surface area contributed by atoms with Gasteiger partial charge in [0.05, 0.1) is 12.2 Å². The van der Waals surface area contributed by atoms with Gasteiger partial charge in [-0.05, 0) is 48.2 Å². The predicted molar refractivity (Wildman–Crippen MR) is 143 cm³/mol. The number of hydrogen-bond donors (Lipinski definition) is 4. The Morgan fingerprint density at radius 1 is 1.06 bits per heavy atom. The van der Waals surface area contributed by atoms with Crippen molar-refractivity contribution in [2.24, 2.45) is 5.73 Å². The quantitative estimate of drug-likeness (QED) is 0.258. The number of sulfone groups is 1. The molecule has 1 aromatic heterocycles. The van der Waals surface area contributed by atoms with Crippen molar-refractivity contribution < 1.29 is 23.2 Å². The van der Waals surface area contributed by atoms with Crippen molar-refractivity contribution in [3.8, 4) is 10.4 Å². The van der Waals surface area contributed by atoms with Gasteiger partial charge in [-0.25, -0.2) is 13.9 Å². The van der Waals surface area contributed by atoms with Crippen molar-refractivity contribution in [3.05, 3.63) is 77.2 Å². The lowest BCUT2D eigenvalue weighted by Gasteiger charge is -2.35. The van der Waals surface area contributed by atoms with E-state index >= 15 is 0 Å². The number of nitrogens with two attached hydrogens (primary N) is 1. The Morgan fingerprint density at radius 3 is 2.50 bits per heavy atom. The fourth-order valence-electron chi connectivity index (χ4n) is 4.43. The SMILES string of the molecule is Cl.N[C@@H](C(=O)Nc1cccc(-c2ccc([C@@]3(CC(=O)NO)CCCCS3(=O)=O)s2)c1)c1ccccc1. The third-order valence-electron chi connectivity index (χ3n) is 6.32. The summed E-state index contributed by atoms with van der Waals surface area (Å²) in [6.07, 6.45) is 1.21. The van der Waals surface area contributed by atoms with Gasteiger partial charge in [-0.3, -0.25) is 14.8 Å². The van der Waals surface area contributed by atoms with Crippen molar-refractivity contribution in [3.63, 3.8) is 0 Å². The first-order chi connectivity index (χ1) is 16.8. The Balaban J connectivity index is 0.00000361. The molecule has 0 spiro atoms. The van der Waals surface area contributed by atoms with Crippen molar-refractivity contribution in [1.29, 1.82) is 0 Å². The first-order valence-electron chi connectivity index (χ1n) is 11.2. The highest BCUT2D eigenvalue weighted by Gasteiger charge is 2.49. The van der Waals surface area contributed by atoms with E-state index < -0.39 is 26.5 Å². The molecule has 0 unspecified atom stereocenters. The van der Waals surface area contributed by atoms with Crippen molar-refractivity contribution in [2.45, 2.75) is 36.5 Å². The molecule has 1 fully saturated rings. The monoisotopic (exact) mass is 549 g/mol. The van der Waals surface area contributed by atoms with Crippen molar-refractivity contribution >= 4 is 51.1 Å². The summed E-state index contributed by atoms with van der Waals surface area (Å²) in [7, 11) is -3.60. The lowest BCUT2D eigenvalue weighted by atomic mass is 9.94. The van der Waals surface area contributed by atoms with Crippen LogP contribution in [-0.4, -0.2) is 31.2 Å². The van der Waals surface area contributed by atoms with Crippen molar-refractivity contribution in [1.82, 2.24) is 5.48 Å². The molecule has 3 aromatic rings. The van der Waals surface area contributed by atoms with E-state index in [0.29, 0.717) is 35.4 Å². The molecule has 0 bridgehead atoms. The molecule has 2 atom stereocenters. The molecule has 0 radical (unpaired) electrons. The molecule has 0 saturated carbocycles. The highest BCUT2D eigenvalue weighted by atomic mass is 35.5. The second-order valence-electron chi connectivity index (χ2n) is 8.60. The number of halogens is 1. The second kappa shape index (κ2) is 11.5. The van der Waals surface area contributed by atoms with Crippen LogP contribution in [0.4, 0.5) is 5.69 Å². The van der Waals surface area contributed by atoms with Gasteiger partial charge in [0.15, 0.2) is 9.84 Å². The molecule has 1 aliphatic heterocycles. The van der Waals surface area contributed by atoms with Crippen LogP contribution in [0.25, 0.3) is 10.4 Å². The van der Waals surface area contributed by atoms with E-state index in [1.54, 1.807) is 41.9 Å². The molecule has 1 saturated heterocycles. The number of benzene rings is 2. The van der Waals surface area contributed by atoms with Crippen LogP contribution in [0.15, 0.2) is 66.7 Å². The highest BCUT2D eigenvalue weighted by molar-refractivity contribution is 7.92. The summed E-state index contributed by atoms with van der Waals surface area (Å²) in [5.41, 5.74) is 9.74. The number of carbonyl (C=O) groups is 2. The molecule has 2 amide bonds. The molecular weight excluding hydrogens is 522 g/mol. The zero-order valence-corrected chi connectivity index (χ0v) is 21.8. The number of nitrogens with one attached hydrogen (secondary N) is 2. The Kier molecular flexibility index (Phi) is 8.91. The van der Waals surface area contributed by atoms with Gasteiger partial charge in [-0.2, -0.15) is 0 Å². The van der Waals surface area contributed by atoms with Gasteiger partial charge in [-0.15, -0.1) is 23.7 Å². The minimum Gasteiger partial charge on any atom is -0.324 e. The smallest absolute Gasteiger partial charge is 0.245 e. The molecule has 36 heavy (non-hydrogen) atoms. The fourth-order valence-corrected chi connectivity index (χ4v) is 8.21. The summed E-state index contributed by atoms with van der Waals surface area (Å²) in [5, 5.41) is 11.9. The Bertz CT molecular complexity index is 1330. The van der Waals surface area contributed by atoms with E-state index in [-0.39, 0.29) is 30.5 Å². The molecule has 192 valence electrons. The van der Waals surface area contributed by atoms with Gasteiger partial charge >= 0.3 is 0 Å². The Hall–Kier alpha value is -2.76. The maximum Gasteiger partial charge on any atom is 0.245 e. The standard InChI is InChI=1S/C25H27N3O5S2.ClH/c26-23(17-7-2-1-3-8-17)24(30)27-19-10-6-9-18(15-19)20-11-12-21(34-20)25(16-22(29)28-31)13-4-5-14-35(25,32)33;/h1-3,6-12,15,23,31H,4-5,13-14,16,26H2,(H,27,30)(H,28,29);1H/t23-,25+;/m1./s1. The lowest BCUT2D eigenvalue weighted by molar-refractivity contribution is -0.130. The van der Waals surface area contributed by atoms with Crippen LogP contribution >= 0.6 is 23.7 Å². The third kappa shape index (κ3) is 5.63. The minimum atomic E-state index is -3.60. The van der Waals surface area contributed by atoms with E-state index in [4.69, 9.17) is 10.9 Å². The maximum atomic E-state index is 13.1. The van der Waals surface area contributed by atoms with Crippen LogP contribution in [0.5, 0.6) is 0 Å². The number of hydrogen-bond acceptors (Lipinski definition) is 7. The van der Waals surface area contributed by atoms with Crippen LogP contribution in [0, 0.1) is 0 Å². The number of amides is 2. The largest absolute Gasteiger partial charge is 0.324 e. The summed E-state index contributed by atoms with van der Waals surface area (Å²) in [6, 6.07) is 19.0. The third-order valence-corrected chi connectivity index (χ3v) is 10.4. The summed E-state index contributed by atoms with van der Waals surface area (Å²) in [5.74, 6) is -1.07. The van der Waals surface area contributed by atoms with Crippen LogP contribution in [0.1, 0.15) is 42.2 Å². The van der Waals surface area contributed by atoms with E-state index in [9.17, 15) is 18.0 Å². The summed E-state index contributed by atoms with van der Waals surface area (Å²) in [6.45, 7) is 0. The topological polar surface area (TPSA) is 139 Å². The van der Waals surface area contributed by atoms with Gasteiger partial charge in [0, 0.05) is 15.4 Å². The number of rotatable bonds is 7. The average Bonchev–Trinajstić information content (AvgIpc) is 3.36. The lowest BCUT2D eigenvalue weighted by Crippen LogP contribution is -2.43. The Morgan fingerprint density at radius 2 is 1.81 bits per heavy atom. The summed E-state index contributed by atoms with van der Waals surface area (Å²) < 4.78 is 24.9. The number of hydroxylamine groups is 1. The molecule has 11 heteroatoms. The molecule has 5 N–H and O–H groups in total. The van der Waals surface area contributed by atoms with Gasteiger partial charge in [-0.1, -0.05) is 48.9 Å². The summed E-state index contributed by atoms with van der Waals surface area (Å²) >= 11 is 1.30. The van der Waals surface area contributed by atoms with Crippen LogP contribution in [0.2, 0.25) is 0 Å². The first kappa shape index (κ1) is 27.8. The molecule has 1 aliphatic rings. The maximum absolute atomic E-state index is 13.1. The van der Waals surface area contributed by atoms with Gasteiger partial charge in [0.2, 0.25) is 11.8 Å². The number of carbonyl (C=O) groups excluding carboxylic acids is 2. The van der Waals surface area contributed by atoms with Gasteiger partial charge in [0.25, 0.3) is 0 Å². The molecule has 8 nitrogen and oxygen atoms in total. The van der Waals surface area contributed by atoms with Gasteiger partial charge in [0.1, 0.15) is 10.8 Å². The molecular formula is C25H28ClN3O5S2. The molecule has 2 heterocycles. The number of thiophene rings is 1. The normalized spacial score (nSPS) is 19.5. The molecule has 2 aromatic carbocycles. The van der Waals surface area contributed by atoms with Crippen LogP contribution < -0.4 is 16.5 Å². The average molecular weight is 550 g/mol. The van der Waals surface area contributed by atoms with E-state index in [2.05, 4.69) is 5.32 Å². The molecule has 4 rings (SSSR count). The number of anilines is 1. The zero-order chi connectivity index (χ0) is 25.1. The van der Waals surface area contributed by atoms with Gasteiger partial charge < -0.3 is 11.1 Å². The van der Waals surface area contributed by atoms with Crippen molar-refractivity contribution in [2.75, 3.05) is 11.1 Å².